The number of carbonyl (C=O) groups is 1. The summed E-state index contributed by atoms with van der Waals surface area (Å²) in [4.78, 5) is 20.7. The van der Waals surface area contributed by atoms with E-state index in [1.807, 2.05) is 42.5 Å². The average Bonchev–Trinajstić information content (AvgIpc) is 3.37. The van der Waals surface area contributed by atoms with E-state index in [1.54, 1.807) is 4.90 Å². The number of nitrogens with zero attached hydrogens (tertiary/aromatic N) is 4. The van der Waals surface area contributed by atoms with Crippen molar-refractivity contribution in [2.75, 3.05) is 29.5 Å². The maximum atomic E-state index is 12.0. The molecule has 2 aromatic carbocycles. The van der Waals surface area contributed by atoms with Crippen LogP contribution < -0.4 is 9.80 Å². The lowest BCUT2D eigenvalue weighted by Crippen LogP contribution is -2.33. The summed E-state index contributed by atoms with van der Waals surface area (Å²) in [6, 6.07) is 16.2. The predicted octanol–water partition coefficient (Wildman–Crippen LogP) is 3.72. The minimum atomic E-state index is -0.248. The highest BCUT2D eigenvalue weighted by molar-refractivity contribution is 7.09. The number of rotatable bonds is 3. The smallest absolute Gasteiger partial charge is 0.414 e. The second-order valence-corrected chi connectivity index (χ2v) is 7.35. The molecule has 1 aromatic heterocycles. The van der Waals surface area contributed by atoms with Gasteiger partial charge in [-0.2, -0.15) is 9.36 Å². The molecule has 2 aliphatic rings. The monoisotopic (exact) mass is 378 g/mol. The summed E-state index contributed by atoms with van der Waals surface area (Å²) in [5, 5.41) is 0.936. The highest BCUT2D eigenvalue weighted by Crippen LogP contribution is 2.33. The quantitative estimate of drug-likeness (QED) is 0.695. The van der Waals surface area contributed by atoms with Gasteiger partial charge >= 0.3 is 6.09 Å². The lowest BCUT2D eigenvalue weighted by molar-refractivity contribution is 0.181. The Kier molecular flexibility index (Phi) is 4.01. The van der Waals surface area contributed by atoms with E-state index in [1.165, 1.54) is 22.7 Å². The van der Waals surface area contributed by atoms with Gasteiger partial charge in [0.15, 0.2) is 5.82 Å². The van der Waals surface area contributed by atoms with Gasteiger partial charge in [0, 0.05) is 30.2 Å². The topological polar surface area (TPSA) is 58.6 Å². The largest absolute Gasteiger partial charge is 0.447 e. The molecule has 0 saturated carbocycles. The number of anilines is 2. The number of benzene rings is 2. The summed E-state index contributed by atoms with van der Waals surface area (Å²) >= 11 is 1.44. The molecular formula is C20H18N4O2S. The molecule has 0 unspecified atom stereocenters. The van der Waals surface area contributed by atoms with Crippen molar-refractivity contribution in [1.29, 1.82) is 0 Å². The van der Waals surface area contributed by atoms with Gasteiger partial charge in [-0.25, -0.2) is 4.79 Å². The summed E-state index contributed by atoms with van der Waals surface area (Å²) in [6.45, 7) is 2.71. The molecule has 1 amide bonds. The van der Waals surface area contributed by atoms with Gasteiger partial charge in [0.25, 0.3) is 0 Å². The summed E-state index contributed by atoms with van der Waals surface area (Å²) in [5.74, 6) is 0.773. The van der Waals surface area contributed by atoms with Gasteiger partial charge in [0.05, 0.1) is 12.2 Å². The number of fused-ring (bicyclic) bond motifs is 1. The van der Waals surface area contributed by atoms with Crippen molar-refractivity contribution in [3.05, 3.63) is 59.7 Å². The van der Waals surface area contributed by atoms with Gasteiger partial charge in [-0.15, -0.1) is 0 Å². The number of carbonyl (C=O) groups excluding carboxylic acids is 1. The van der Waals surface area contributed by atoms with E-state index >= 15 is 0 Å². The second kappa shape index (κ2) is 6.66. The van der Waals surface area contributed by atoms with Crippen LogP contribution in [0, 0.1) is 0 Å². The zero-order valence-corrected chi connectivity index (χ0v) is 15.5. The normalized spacial score (nSPS) is 16.4. The van der Waals surface area contributed by atoms with Crippen molar-refractivity contribution in [2.24, 2.45) is 0 Å². The Labute approximate surface area is 161 Å². The molecule has 27 heavy (non-hydrogen) atoms. The van der Waals surface area contributed by atoms with Gasteiger partial charge in [-0.3, -0.25) is 4.90 Å². The van der Waals surface area contributed by atoms with Crippen molar-refractivity contribution >= 4 is 28.4 Å². The first kappa shape index (κ1) is 16.3. The van der Waals surface area contributed by atoms with Crippen molar-refractivity contribution in [3.8, 4) is 11.4 Å². The molecule has 0 spiro atoms. The minimum Gasteiger partial charge on any atom is -0.447 e. The summed E-state index contributed by atoms with van der Waals surface area (Å²) < 4.78 is 9.63. The molecule has 3 heterocycles. The zero-order valence-electron chi connectivity index (χ0n) is 14.7. The Bertz CT molecular complexity index is 989. The Hall–Kier alpha value is -2.93. The zero-order chi connectivity index (χ0) is 18.2. The van der Waals surface area contributed by atoms with E-state index in [0.29, 0.717) is 13.2 Å². The first-order valence-electron chi connectivity index (χ1n) is 8.99. The van der Waals surface area contributed by atoms with Crippen LogP contribution in [0.15, 0.2) is 48.5 Å². The van der Waals surface area contributed by atoms with Gasteiger partial charge in [0.1, 0.15) is 6.61 Å². The lowest BCUT2D eigenvalue weighted by atomic mass is 9.97. The fraction of sp³-hybridized carbons (Fsp3) is 0.250. The van der Waals surface area contributed by atoms with E-state index in [2.05, 4.69) is 15.3 Å². The third-order valence-corrected chi connectivity index (χ3v) is 5.79. The number of hydrogen-bond donors (Lipinski definition) is 0. The van der Waals surface area contributed by atoms with Crippen molar-refractivity contribution in [3.63, 3.8) is 0 Å². The molecule has 5 rings (SSSR count). The molecular weight excluding hydrogens is 360 g/mol. The van der Waals surface area contributed by atoms with Gasteiger partial charge < -0.3 is 9.64 Å². The molecule has 2 aliphatic heterocycles. The summed E-state index contributed by atoms with van der Waals surface area (Å²) in [5.41, 5.74) is 4.49. The first-order chi connectivity index (χ1) is 13.3. The fourth-order valence-corrected chi connectivity index (χ4v) is 4.38. The van der Waals surface area contributed by atoms with Crippen LogP contribution in [0.1, 0.15) is 11.1 Å². The molecule has 1 fully saturated rings. The van der Waals surface area contributed by atoms with Crippen LogP contribution in [0.2, 0.25) is 0 Å². The Balaban J connectivity index is 1.41. The fourth-order valence-electron chi connectivity index (χ4n) is 3.67. The summed E-state index contributed by atoms with van der Waals surface area (Å²) in [6.07, 6.45) is 0.623. The molecule has 136 valence electrons. The third kappa shape index (κ3) is 2.94. The van der Waals surface area contributed by atoms with Crippen molar-refractivity contribution in [2.45, 2.75) is 13.0 Å². The minimum absolute atomic E-state index is 0.248. The number of hydrogen-bond acceptors (Lipinski definition) is 6. The van der Waals surface area contributed by atoms with E-state index in [0.717, 1.165) is 41.7 Å². The number of aromatic nitrogens is 2. The Morgan fingerprint density at radius 2 is 1.93 bits per heavy atom. The number of cyclic esters (lactones) is 1. The molecule has 3 aromatic rings. The van der Waals surface area contributed by atoms with Crippen LogP contribution in [0.4, 0.5) is 15.6 Å². The van der Waals surface area contributed by atoms with Crippen LogP contribution in [-0.2, 0) is 17.7 Å². The predicted molar refractivity (Wildman–Crippen MR) is 105 cm³/mol. The third-order valence-electron chi connectivity index (χ3n) is 5.01. The van der Waals surface area contributed by atoms with Crippen molar-refractivity contribution < 1.29 is 9.53 Å². The van der Waals surface area contributed by atoms with Gasteiger partial charge in [-0.1, -0.05) is 42.5 Å². The number of amides is 1. The van der Waals surface area contributed by atoms with E-state index in [-0.39, 0.29) is 6.09 Å². The molecule has 0 N–H and O–H groups in total. The number of ether oxygens (including phenoxy) is 1. The maximum Gasteiger partial charge on any atom is 0.414 e. The SMILES string of the molecule is O=C1OCCN1c1cccc2c1CCN(c1nc(-c3ccccc3)ns1)C2. The molecule has 0 aliphatic carbocycles. The molecule has 1 saturated heterocycles. The Morgan fingerprint density at radius 3 is 2.74 bits per heavy atom. The summed E-state index contributed by atoms with van der Waals surface area (Å²) in [7, 11) is 0. The highest BCUT2D eigenvalue weighted by atomic mass is 32.1. The van der Waals surface area contributed by atoms with Crippen LogP contribution in [0.25, 0.3) is 11.4 Å². The van der Waals surface area contributed by atoms with Gasteiger partial charge in [0.2, 0.25) is 5.13 Å². The Morgan fingerprint density at radius 1 is 1.04 bits per heavy atom. The van der Waals surface area contributed by atoms with E-state index < -0.39 is 0 Å². The molecule has 0 bridgehead atoms. The lowest BCUT2D eigenvalue weighted by Gasteiger charge is -2.30. The maximum absolute atomic E-state index is 12.0. The van der Waals surface area contributed by atoms with Crippen LogP contribution in [0.3, 0.4) is 0 Å². The highest BCUT2D eigenvalue weighted by Gasteiger charge is 2.29. The standard InChI is InChI=1S/C20H18N4O2S/c25-20-24(11-12-26-20)17-8-4-7-15-13-23(10-9-16(15)17)19-21-18(22-27-19)14-5-2-1-3-6-14/h1-8H,9-13H2. The van der Waals surface area contributed by atoms with E-state index in [9.17, 15) is 4.79 Å². The molecule has 6 nitrogen and oxygen atoms in total. The van der Waals surface area contributed by atoms with Gasteiger partial charge in [-0.05, 0) is 23.6 Å². The molecule has 0 radical (unpaired) electrons. The molecule has 0 atom stereocenters. The second-order valence-electron chi connectivity index (χ2n) is 6.62. The van der Waals surface area contributed by atoms with Crippen molar-refractivity contribution in [1.82, 2.24) is 9.36 Å². The first-order valence-corrected chi connectivity index (χ1v) is 9.76. The van der Waals surface area contributed by atoms with E-state index in [4.69, 9.17) is 9.72 Å². The van der Waals surface area contributed by atoms with Crippen LogP contribution >= 0.6 is 11.5 Å². The average molecular weight is 378 g/mol. The molecule has 7 heteroatoms. The van der Waals surface area contributed by atoms with Crippen LogP contribution in [0.5, 0.6) is 0 Å². The van der Waals surface area contributed by atoms with Crippen LogP contribution in [-0.4, -0.2) is 35.1 Å².